The van der Waals surface area contributed by atoms with Gasteiger partial charge in [0.2, 0.25) is 0 Å². The Balaban J connectivity index is 1.66. The fourth-order valence-corrected chi connectivity index (χ4v) is 3.99. The van der Waals surface area contributed by atoms with Gasteiger partial charge in [-0.3, -0.25) is 9.80 Å². The minimum atomic E-state index is 0.201. The second-order valence-electron chi connectivity index (χ2n) is 6.26. The third kappa shape index (κ3) is 2.02. The van der Waals surface area contributed by atoms with E-state index in [-0.39, 0.29) is 5.60 Å². The summed E-state index contributed by atoms with van der Waals surface area (Å²) in [5.41, 5.74) is 0.201. The summed E-state index contributed by atoms with van der Waals surface area (Å²) >= 11 is 0. The molecule has 0 radical (unpaired) electrons. The van der Waals surface area contributed by atoms with Crippen LogP contribution in [0.2, 0.25) is 0 Å². The van der Waals surface area contributed by atoms with Crippen molar-refractivity contribution >= 4 is 0 Å². The number of likely N-dealkylation sites (tertiary alicyclic amines) is 2. The van der Waals surface area contributed by atoms with Crippen LogP contribution in [0, 0.1) is 5.92 Å². The second kappa shape index (κ2) is 4.52. The predicted molar refractivity (Wildman–Crippen MR) is 69.2 cm³/mol. The van der Waals surface area contributed by atoms with Gasteiger partial charge in [-0.2, -0.15) is 0 Å². The summed E-state index contributed by atoms with van der Waals surface area (Å²) in [5, 5.41) is 0. The van der Waals surface area contributed by atoms with E-state index >= 15 is 0 Å². The monoisotopic (exact) mass is 238 g/mol. The van der Waals surface area contributed by atoms with Gasteiger partial charge in [-0.15, -0.1) is 0 Å². The van der Waals surface area contributed by atoms with E-state index in [1.54, 1.807) is 0 Å². The molecule has 1 spiro atoms. The molecule has 17 heavy (non-hydrogen) atoms. The Morgan fingerprint density at radius 2 is 2.12 bits per heavy atom. The Kier molecular flexibility index (Phi) is 3.18. The highest BCUT2D eigenvalue weighted by Crippen LogP contribution is 2.39. The summed E-state index contributed by atoms with van der Waals surface area (Å²) in [4.78, 5) is 5.24. The lowest BCUT2D eigenvalue weighted by Crippen LogP contribution is -2.69. The lowest BCUT2D eigenvalue weighted by atomic mass is 9.83. The van der Waals surface area contributed by atoms with Gasteiger partial charge in [0.15, 0.2) is 0 Å². The quantitative estimate of drug-likeness (QED) is 0.726. The number of nitrogens with zero attached hydrogens (tertiary/aromatic N) is 2. The van der Waals surface area contributed by atoms with Gasteiger partial charge in [0.25, 0.3) is 0 Å². The van der Waals surface area contributed by atoms with Gasteiger partial charge in [0, 0.05) is 32.3 Å². The van der Waals surface area contributed by atoms with Crippen LogP contribution in [0.25, 0.3) is 0 Å². The van der Waals surface area contributed by atoms with Crippen molar-refractivity contribution < 1.29 is 4.74 Å². The number of rotatable bonds is 2. The van der Waals surface area contributed by atoms with Crippen molar-refractivity contribution in [3.63, 3.8) is 0 Å². The largest absolute Gasteiger partial charge is 0.371 e. The molecule has 3 nitrogen and oxygen atoms in total. The van der Waals surface area contributed by atoms with E-state index in [9.17, 15) is 0 Å². The van der Waals surface area contributed by atoms with Crippen LogP contribution in [0.3, 0.4) is 0 Å². The molecule has 3 aliphatic rings. The molecule has 2 unspecified atom stereocenters. The highest BCUT2D eigenvalue weighted by atomic mass is 16.5. The Bertz CT molecular complexity index is 275. The van der Waals surface area contributed by atoms with Crippen molar-refractivity contribution in [1.29, 1.82) is 0 Å². The third-order valence-electron chi connectivity index (χ3n) is 4.95. The average molecular weight is 238 g/mol. The van der Waals surface area contributed by atoms with Crippen molar-refractivity contribution in [2.75, 3.05) is 39.3 Å². The Morgan fingerprint density at radius 1 is 1.29 bits per heavy atom. The van der Waals surface area contributed by atoms with Crippen LogP contribution in [0.5, 0.6) is 0 Å². The van der Waals surface area contributed by atoms with E-state index in [2.05, 4.69) is 23.6 Å². The first kappa shape index (κ1) is 11.9. The molecule has 3 rings (SSSR count). The molecule has 98 valence electrons. The molecule has 3 heterocycles. The molecule has 0 amide bonds. The second-order valence-corrected chi connectivity index (χ2v) is 6.26. The van der Waals surface area contributed by atoms with Crippen molar-refractivity contribution in [2.24, 2.45) is 5.92 Å². The maximum absolute atomic E-state index is 6.13. The van der Waals surface area contributed by atoms with E-state index < -0.39 is 0 Å². The standard InChI is InChI=1S/C14H26N2O/c1-3-15-10-14(11-15)13(6-8-17-14)16-7-4-5-12(2)9-16/h12-13H,3-11H2,1-2H3. The molecule has 3 aliphatic heterocycles. The maximum atomic E-state index is 6.13. The molecule has 0 N–H and O–H groups in total. The number of hydrogen-bond acceptors (Lipinski definition) is 3. The molecule has 0 saturated carbocycles. The van der Waals surface area contributed by atoms with Gasteiger partial charge in [-0.1, -0.05) is 13.8 Å². The van der Waals surface area contributed by atoms with E-state index in [1.807, 2.05) is 0 Å². The van der Waals surface area contributed by atoms with Gasteiger partial charge in [0.05, 0.1) is 0 Å². The molecule has 3 saturated heterocycles. The Morgan fingerprint density at radius 3 is 2.82 bits per heavy atom. The van der Waals surface area contributed by atoms with Crippen LogP contribution >= 0.6 is 0 Å². The summed E-state index contributed by atoms with van der Waals surface area (Å²) in [6.07, 6.45) is 4.05. The molecule has 0 aromatic rings. The first-order valence-corrected chi connectivity index (χ1v) is 7.34. The first-order chi connectivity index (χ1) is 8.23. The van der Waals surface area contributed by atoms with E-state index in [4.69, 9.17) is 4.74 Å². The van der Waals surface area contributed by atoms with Gasteiger partial charge in [-0.25, -0.2) is 0 Å². The summed E-state index contributed by atoms with van der Waals surface area (Å²) in [6, 6.07) is 0.702. The fourth-order valence-electron chi connectivity index (χ4n) is 3.99. The average Bonchev–Trinajstić information content (AvgIpc) is 2.71. The zero-order valence-electron chi connectivity index (χ0n) is 11.3. The number of piperidine rings is 1. The summed E-state index contributed by atoms with van der Waals surface area (Å²) in [5.74, 6) is 0.878. The van der Waals surface area contributed by atoms with Gasteiger partial charge < -0.3 is 4.74 Å². The van der Waals surface area contributed by atoms with Crippen molar-refractivity contribution in [1.82, 2.24) is 9.80 Å². The normalized spacial score (nSPS) is 38.5. The number of hydrogen-bond donors (Lipinski definition) is 0. The Labute approximate surface area is 105 Å². The zero-order valence-corrected chi connectivity index (χ0v) is 11.3. The molecular formula is C14H26N2O. The van der Waals surface area contributed by atoms with E-state index in [1.165, 1.54) is 52.0 Å². The number of likely N-dealkylation sites (N-methyl/N-ethyl adjacent to an activating group) is 1. The SMILES string of the molecule is CCN1CC2(C1)OCCC2N1CCCC(C)C1. The molecule has 0 aromatic heterocycles. The van der Waals surface area contributed by atoms with Crippen LogP contribution in [0.4, 0.5) is 0 Å². The third-order valence-corrected chi connectivity index (χ3v) is 4.95. The molecular weight excluding hydrogens is 212 g/mol. The molecule has 2 atom stereocenters. The van der Waals surface area contributed by atoms with Crippen LogP contribution in [0.15, 0.2) is 0 Å². The Hall–Kier alpha value is -0.120. The molecule has 0 aromatic carbocycles. The van der Waals surface area contributed by atoms with Crippen molar-refractivity contribution in [2.45, 2.75) is 44.8 Å². The van der Waals surface area contributed by atoms with Crippen molar-refractivity contribution in [3.8, 4) is 0 Å². The smallest absolute Gasteiger partial charge is 0.109 e. The van der Waals surface area contributed by atoms with Crippen molar-refractivity contribution in [3.05, 3.63) is 0 Å². The minimum Gasteiger partial charge on any atom is -0.371 e. The highest BCUT2D eigenvalue weighted by Gasteiger charge is 2.54. The van der Waals surface area contributed by atoms with E-state index in [0.29, 0.717) is 6.04 Å². The van der Waals surface area contributed by atoms with Crippen LogP contribution in [-0.2, 0) is 4.74 Å². The lowest BCUT2D eigenvalue weighted by Gasteiger charge is -2.53. The van der Waals surface area contributed by atoms with Crippen LogP contribution in [0.1, 0.15) is 33.1 Å². The van der Waals surface area contributed by atoms with Gasteiger partial charge in [-0.05, 0) is 38.3 Å². The molecule has 3 fully saturated rings. The summed E-state index contributed by atoms with van der Waals surface area (Å²) in [7, 11) is 0. The molecule has 0 aliphatic carbocycles. The van der Waals surface area contributed by atoms with Gasteiger partial charge >= 0.3 is 0 Å². The highest BCUT2D eigenvalue weighted by molar-refractivity contribution is 5.09. The molecule has 3 heteroatoms. The predicted octanol–water partition coefficient (Wildman–Crippen LogP) is 1.58. The van der Waals surface area contributed by atoms with Crippen LogP contribution in [-0.4, -0.2) is 60.8 Å². The molecule has 0 bridgehead atoms. The summed E-state index contributed by atoms with van der Waals surface area (Å²) in [6.45, 7) is 11.7. The topological polar surface area (TPSA) is 15.7 Å². The van der Waals surface area contributed by atoms with Gasteiger partial charge in [0.1, 0.15) is 5.60 Å². The first-order valence-electron chi connectivity index (χ1n) is 7.34. The fraction of sp³-hybridized carbons (Fsp3) is 1.00. The lowest BCUT2D eigenvalue weighted by molar-refractivity contribution is -0.141. The maximum Gasteiger partial charge on any atom is 0.109 e. The van der Waals surface area contributed by atoms with E-state index in [0.717, 1.165) is 12.5 Å². The minimum absolute atomic E-state index is 0.201. The summed E-state index contributed by atoms with van der Waals surface area (Å²) < 4.78 is 6.13. The zero-order chi connectivity index (χ0) is 11.9. The van der Waals surface area contributed by atoms with Crippen LogP contribution < -0.4 is 0 Å². The number of ether oxygens (including phenoxy) is 1.